The van der Waals surface area contributed by atoms with Crippen LogP contribution in [0.3, 0.4) is 0 Å². The third-order valence-electron chi connectivity index (χ3n) is 1.18. The van der Waals surface area contributed by atoms with Gasteiger partial charge in [0, 0.05) is 11.5 Å². The summed E-state index contributed by atoms with van der Waals surface area (Å²) in [5, 5.41) is 10.5. The molecule has 1 aromatic heterocycles. The molecular formula is C4H5N3S. The number of thioether (sulfide) groups is 1. The van der Waals surface area contributed by atoms with Crippen LogP contribution in [0.2, 0.25) is 0 Å². The number of fused-ring (bicyclic) bond motifs is 1. The number of aromatic amines is 1. The van der Waals surface area contributed by atoms with Crippen molar-refractivity contribution in [3.63, 3.8) is 0 Å². The fourth-order valence-corrected chi connectivity index (χ4v) is 1.70. The van der Waals surface area contributed by atoms with Gasteiger partial charge in [0.2, 0.25) is 0 Å². The van der Waals surface area contributed by atoms with E-state index in [-0.39, 0.29) is 0 Å². The second-order valence-electron chi connectivity index (χ2n) is 1.71. The van der Waals surface area contributed by atoms with Crippen molar-refractivity contribution in [3.8, 4) is 0 Å². The maximum absolute atomic E-state index is 3.94. The average Bonchev–Trinajstić information content (AvgIpc) is 2.15. The summed E-state index contributed by atoms with van der Waals surface area (Å²) in [5.41, 5.74) is 2.27. The van der Waals surface area contributed by atoms with Gasteiger partial charge in [-0.1, -0.05) is 0 Å². The van der Waals surface area contributed by atoms with Crippen molar-refractivity contribution >= 4 is 11.8 Å². The van der Waals surface area contributed by atoms with Gasteiger partial charge in [-0.25, -0.2) is 0 Å². The zero-order chi connectivity index (χ0) is 5.40. The van der Waals surface area contributed by atoms with E-state index in [4.69, 9.17) is 0 Å². The molecule has 1 aliphatic rings. The number of nitrogens with one attached hydrogen (secondary N) is 1. The van der Waals surface area contributed by atoms with E-state index >= 15 is 0 Å². The molecule has 3 nitrogen and oxygen atoms in total. The Hall–Kier alpha value is -0.510. The highest BCUT2D eigenvalue weighted by atomic mass is 32.2. The Balaban J connectivity index is 2.54. The predicted molar refractivity (Wildman–Crippen MR) is 31.4 cm³/mol. The molecule has 0 amide bonds. The van der Waals surface area contributed by atoms with Crippen LogP contribution in [0.25, 0.3) is 0 Å². The van der Waals surface area contributed by atoms with Gasteiger partial charge in [0.05, 0.1) is 11.4 Å². The van der Waals surface area contributed by atoms with Crippen LogP contribution in [0.4, 0.5) is 0 Å². The molecule has 0 radical (unpaired) electrons. The number of H-pyrrole nitrogens is 1. The lowest BCUT2D eigenvalue weighted by atomic mass is 10.4. The van der Waals surface area contributed by atoms with Crippen molar-refractivity contribution in [1.82, 2.24) is 15.4 Å². The molecule has 0 fully saturated rings. The zero-order valence-electron chi connectivity index (χ0n) is 4.22. The molecule has 0 spiro atoms. The highest BCUT2D eigenvalue weighted by Gasteiger charge is 2.13. The standard InChI is InChI=1S/C4H5N3S/c1-3-4(2-8-1)6-7-5-3/h1-2H2,(H,5,6,7). The molecule has 0 aliphatic carbocycles. The fraction of sp³-hybridized carbons (Fsp3) is 0.500. The highest BCUT2D eigenvalue weighted by Crippen LogP contribution is 2.25. The summed E-state index contributed by atoms with van der Waals surface area (Å²) >= 11 is 1.86. The summed E-state index contributed by atoms with van der Waals surface area (Å²) < 4.78 is 0. The smallest absolute Gasteiger partial charge is 0.0964 e. The molecule has 1 aliphatic heterocycles. The lowest BCUT2D eigenvalue weighted by Gasteiger charge is -1.76. The molecule has 2 heterocycles. The topological polar surface area (TPSA) is 41.6 Å². The van der Waals surface area contributed by atoms with Crippen molar-refractivity contribution in [2.75, 3.05) is 0 Å². The normalized spacial score (nSPS) is 16.5. The largest absolute Gasteiger partial charge is 0.197 e. The van der Waals surface area contributed by atoms with Gasteiger partial charge in [0.15, 0.2) is 0 Å². The van der Waals surface area contributed by atoms with Crippen LogP contribution in [0.5, 0.6) is 0 Å². The zero-order valence-corrected chi connectivity index (χ0v) is 5.03. The summed E-state index contributed by atoms with van der Waals surface area (Å²) in [6.07, 6.45) is 0. The molecule has 2 rings (SSSR count). The predicted octanol–water partition coefficient (Wildman–Crippen LogP) is 0.551. The lowest BCUT2D eigenvalue weighted by Crippen LogP contribution is -1.74. The fourth-order valence-electron chi connectivity index (χ4n) is 0.750. The Morgan fingerprint density at radius 1 is 1.25 bits per heavy atom. The van der Waals surface area contributed by atoms with Crippen molar-refractivity contribution < 1.29 is 0 Å². The van der Waals surface area contributed by atoms with E-state index in [2.05, 4.69) is 15.4 Å². The van der Waals surface area contributed by atoms with Crippen molar-refractivity contribution in [1.29, 1.82) is 0 Å². The molecule has 0 aromatic carbocycles. The van der Waals surface area contributed by atoms with Gasteiger partial charge in [-0.15, -0.1) is 11.8 Å². The molecule has 42 valence electrons. The summed E-state index contributed by atoms with van der Waals surface area (Å²) in [6, 6.07) is 0. The summed E-state index contributed by atoms with van der Waals surface area (Å²) in [5.74, 6) is 2.07. The van der Waals surface area contributed by atoms with E-state index < -0.39 is 0 Å². The van der Waals surface area contributed by atoms with Gasteiger partial charge in [0.25, 0.3) is 0 Å². The van der Waals surface area contributed by atoms with Crippen LogP contribution in [-0.2, 0) is 11.5 Å². The van der Waals surface area contributed by atoms with E-state index in [9.17, 15) is 0 Å². The van der Waals surface area contributed by atoms with Crippen LogP contribution in [0.15, 0.2) is 0 Å². The minimum Gasteiger partial charge on any atom is -0.197 e. The van der Waals surface area contributed by atoms with E-state index in [0.717, 1.165) is 22.9 Å². The molecule has 1 aromatic rings. The van der Waals surface area contributed by atoms with Gasteiger partial charge in [0.1, 0.15) is 0 Å². The molecule has 4 heteroatoms. The number of nitrogens with zero attached hydrogens (tertiary/aromatic N) is 2. The van der Waals surface area contributed by atoms with Crippen LogP contribution in [0, 0.1) is 0 Å². The Kier molecular flexibility index (Phi) is 0.811. The maximum atomic E-state index is 3.94. The number of aromatic nitrogens is 3. The van der Waals surface area contributed by atoms with E-state index in [0.29, 0.717) is 0 Å². The Labute approximate surface area is 50.9 Å². The third-order valence-corrected chi connectivity index (χ3v) is 2.14. The summed E-state index contributed by atoms with van der Waals surface area (Å²) in [7, 11) is 0. The average molecular weight is 127 g/mol. The Bertz CT molecular complexity index is 176. The number of rotatable bonds is 0. The molecule has 1 N–H and O–H groups in total. The molecule has 0 atom stereocenters. The Morgan fingerprint density at radius 2 is 1.88 bits per heavy atom. The van der Waals surface area contributed by atoms with Crippen LogP contribution < -0.4 is 0 Å². The first kappa shape index (κ1) is 4.38. The lowest BCUT2D eigenvalue weighted by molar-refractivity contribution is 0.914. The first-order chi connectivity index (χ1) is 3.97. The Morgan fingerprint density at radius 3 is 2.50 bits per heavy atom. The highest BCUT2D eigenvalue weighted by molar-refractivity contribution is 7.98. The monoisotopic (exact) mass is 127 g/mol. The van der Waals surface area contributed by atoms with Crippen molar-refractivity contribution in [3.05, 3.63) is 11.4 Å². The minimum absolute atomic E-state index is 1.03. The summed E-state index contributed by atoms with van der Waals surface area (Å²) in [6.45, 7) is 0. The van der Waals surface area contributed by atoms with E-state index in [1.807, 2.05) is 11.8 Å². The van der Waals surface area contributed by atoms with Gasteiger partial charge in [-0.2, -0.15) is 15.4 Å². The quantitative estimate of drug-likeness (QED) is 0.553. The second kappa shape index (κ2) is 1.48. The first-order valence-corrected chi connectivity index (χ1v) is 3.58. The number of hydrogen-bond donors (Lipinski definition) is 1. The molecule has 0 bridgehead atoms. The van der Waals surface area contributed by atoms with Crippen LogP contribution in [0.1, 0.15) is 11.4 Å². The maximum Gasteiger partial charge on any atom is 0.0964 e. The first-order valence-electron chi connectivity index (χ1n) is 2.43. The minimum atomic E-state index is 1.03. The van der Waals surface area contributed by atoms with Crippen LogP contribution >= 0.6 is 11.8 Å². The van der Waals surface area contributed by atoms with E-state index in [1.54, 1.807) is 0 Å². The second-order valence-corrected chi connectivity index (χ2v) is 2.70. The van der Waals surface area contributed by atoms with Gasteiger partial charge in [-0.3, -0.25) is 0 Å². The van der Waals surface area contributed by atoms with Crippen LogP contribution in [-0.4, -0.2) is 15.4 Å². The number of hydrogen-bond acceptors (Lipinski definition) is 3. The summed E-state index contributed by atoms with van der Waals surface area (Å²) in [4.78, 5) is 0. The van der Waals surface area contributed by atoms with Crippen molar-refractivity contribution in [2.45, 2.75) is 11.5 Å². The third kappa shape index (κ3) is 0.461. The molecule has 0 unspecified atom stereocenters. The molecule has 0 saturated carbocycles. The van der Waals surface area contributed by atoms with Gasteiger partial charge in [-0.05, 0) is 0 Å². The molecular weight excluding hydrogens is 122 g/mol. The SMILES string of the molecule is C1SCc2n[nH]nc21. The van der Waals surface area contributed by atoms with Gasteiger partial charge < -0.3 is 0 Å². The molecule has 8 heavy (non-hydrogen) atoms. The molecule has 0 saturated heterocycles. The van der Waals surface area contributed by atoms with Crippen molar-refractivity contribution in [2.24, 2.45) is 0 Å². The van der Waals surface area contributed by atoms with E-state index in [1.165, 1.54) is 0 Å². The van der Waals surface area contributed by atoms with Gasteiger partial charge >= 0.3 is 0 Å².